The molecule has 0 rings (SSSR count). The Hall–Kier alpha value is -0.0600. The first-order valence-corrected chi connectivity index (χ1v) is 3.16. The number of hydrogen-bond acceptors (Lipinski definition) is 4. The van der Waals surface area contributed by atoms with Gasteiger partial charge in [0.25, 0.3) is 0 Å². The van der Waals surface area contributed by atoms with Crippen molar-refractivity contribution < 1.29 is 4.79 Å². The largest absolute Gasteiger partial charge is 0.320 e. The van der Waals surface area contributed by atoms with Crippen molar-refractivity contribution in [2.75, 3.05) is 14.1 Å². The molecule has 0 aromatic rings. The van der Waals surface area contributed by atoms with E-state index in [0.717, 1.165) is 0 Å². The molecule has 0 saturated carbocycles. The van der Waals surface area contributed by atoms with Gasteiger partial charge in [0.2, 0.25) is 0 Å². The summed E-state index contributed by atoms with van der Waals surface area (Å²) in [4.78, 5) is 11.8. The lowest BCUT2D eigenvalue weighted by atomic mass is 10.3. The highest BCUT2D eigenvalue weighted by atomic mass is 32.1. The average Bonchev–Trinajstić information content (AvgIpc) is 1.84. The van der Waals surface area contributed by atoms with Crippen LogP contribution in [0.1, 0.15) is 0 Å². The van der Waals surface area contributed by atoms with Crippen molar-refractivity contribution in [3.8, 4) is 0 Å². The summed E-state index contributed by atoms with van der Waals surface area (Å²) in [6, 6.07) is -0.497. The molecule has 0 aliphatic carbocycles. The first-order valence-electron chi connectivity index (χ1n) is 2.65. The second-order valence-corrected chi connectivity index (χ2v) is 2.62. The zero-order chi connectivity index (χ0) is 7.44. The SMILES string of the molecule is CN(C)C(S)C(N)C=O. The number of aldehydes is 1. The summed E-state index contributed by atoms with van der Waals surface area (Å²) in [5.41, 5.74) is 5.33. The highest BCUT2D eigenvalue weighted by Gasteiger charge is 2.13. The molecular formula is C5H12N2OS. The Bertz CT molecular complexity index is 97.0. The molecule has 2 N–H and O–H groups in total. The molecule has 0 saturated heterocycles. The van der Waals surface area contributed by atoms with Crippen molar-refractivity contribution in [2.45, 2.75) is 11.4 Å². The number of carbonyl (C=O) groups is 1. The van der Waals surface area contributed by atoms with Crippen LogP contribution in [0.2, 0.25) is 0 Å². The standard InChI is InChI=1S/C5H12N2OS/c1-7(2)5(9)4(6)3-8/h3-5,9H,6H2,1-2H3. The first-order chi connectivity index (χ1) is 4.09. The molecule has 2 atom stereocenters. The minimum Gasteiger partial charge on any atom is -0.320 e. The van der Waals surface area contributed by atoms with E-state index in [0.29, 0.717) is 6.29 Å². The van der Waals surface area contributed by atoms with Crippen molar-refractivity contribution in [3.63, 3.8) is 0 Å². The molecule has 0 aromatic heterocycles. The maximum absolute atomic E-state index is 10.1. The van der Waals surface area contributed by atoms with Crippen molar-refractivity contribution in [3.05, 3.63) is 0 Å². The number of nitrogens with zero attached hydrogens (tertiary/aromatic N) is 1. The molecule has 0 spiro atoms. The Kier molecular flexibility index (Phi) is 3.84. The highest BCUT2D eigenvalue weighted by molar-refractivity contribution is 7.81. The van der Waals surface area contributed by atoms with Crippen LogP contribution < -0.4 is 5.73 Å². The third kappa shape index (κ3) is 2.84. The van der Waals surface area contributed by atoms with E-state index in [1.165, 1.54) is 0 Å². The maximum atomic E-state index is 10.1. The zero-order valence-electron chi connectivity index (χ0n) is 5.61. The fraction of sp³-hybridized carbons (Fsp3) is 0.800. The number of likely N-dealkylation sites (N-methyl/N-ethyl adjacent to an activating group) is 1. The third-order valence-electron chi connectivity index (χ3n) is 1.03. The van der Waals surface area contributed by atoms with Crippen molar-refractivity contribution in [2.24, 2.45) is 5.73 Å². The van der Waals surface area contributed by atoms with Crippen LogP contribution in [0, 0.1) is 0 Å². The highest BCUT2D eigenvalue weighted by Crippen LogP contribution is 1.99. The summed E-state index contributed by atoms with van der Waals surface area (Å²) >= 11 is 4.07. The summed E-state index contributed by atoms with van der Waals surface area (Å²) in [5.74, 6) is 0. The van der Waals surface area contributed by atoms with Gasteiger partial charge in [-0.05, 0) is 14.1 Å². The normalized spacial score (nSPS) is 17.4. The van der Waals surface area contributed by atoms with E-state index in [1.54, 1.807) is 4.90 Å². The molecule has 0 radical (unpaired) electrons. The van der Waals surface area contributed by atoms with Gasteiger partial charge in [-0.2, -0.15) is 12.6 Å². The summed E-state index contributed by atoms with van der Waals surface area (Å²) in [6.07, 6.45) is 0.692. The number of thiol groups is 1. The van der Waals surface area contributed by atoms with Crippen LogP contribution in [-0.4, -0.2) is 36.7 Å². The Morgan fingerprint density at radius 3 is 2.22 bits per heavy atom. The molecule has 0 aliphatic rings. The second-order valence-electron chi connectivity index (χ2n) is 2.09. The minimum atomic E-state index is -0.497. The van der Waals surface area contributed by atoms with Gasteiger partial charge in [-0.3, -0.25) is 4.90 Å². The van der Waals surface area contributed by atoms with Gasteiger partial charge in [0.05, 0.1) is 11.4 Å². The van der Waals surface area contributed by atoms with Crippen LogP contribution in [0.3, 0.4) is 0 Å². The van der Waals surface area contributed by atoms with Gasteiger partial charge in [0, 0.05) is 0 Å². The van der Waals surface area contributed by atoms with Crippen LogP contribution in [0.5, 0.6) is 0 Å². The van der Waals surface area contributed by atoms with E-state index in [-0.39, 0.29) is 5.37 Å². The quantitative estimate of drug-likeness (QED) is 0.317. The van der Waals surface area contributed by atoms with Gasteiger partial charge in [0.1, 0.15) is 6.29 Å². The fourth-order valence-corrected chi connectivity index (χ4v) is 0.485. The third-order valence-corrected chi connectivity index (χ3v) is 1.84. The molecule has 4 heteroatoms. The molecule has 0 heterocycles. The number of carbonyl (C=O) groups excluding carboxylic acids is 1. The van der Waals surface area contributed by atoms with Gasteiger partial charge in [-0.1, -0.05) is 0 Å². The fourth-order valence-electron chi connectivity index (χ4n) is 0.415. The number of hydrogen-bond donors (Lipinski definition) is 2. The Morgan fingerprint density at radius 1 is 1.67 bits per heavy atom. The maximum Gasteiger partial charge on any atom is 0.139 e. The van der Waals surface area contributed by atoms with E-state index in [2.05, 4.69) is 12.6 Å². The lowest BCUT2D eigenvalue weighted by Gasteiger charge is -2.20. The Labute approximate surface area is 60.6 Å². The number of nitrogens with two attached hydrogens (primary N) is 1. The summed E-state index contributed by atoms with van der Waals surface area (Å²) in [7, 11) is 3.64. The van der Waals surface area contributed by atoms with Gasteiger partial charge >= 0.3 is 0 Å². The van der Waals surface area contributed by atoms with Gasteiger partial charge in [-0.15, -0.1) is 0 Å². The molecule has 0 aromatic carbocycles. The van der Waals surface area contributed by atoms with E-state index in [1.807, 2.05) is 14.1 Å². The van der Waals surface area contributed by atoms with Crippen LogP contribution in [0.25, 0.3) is 0 Å². The lowest BCUT2D eigenvalue weighted by Crippen LogP contribution is -2.41. The topological polar surface area (TPSA) is 46.3 Å². The lowest BCUT2D eigenvalue weighted by molar-refractivity contribution is -0.109. The summed E-state index contributed by atoms with van der Waals surface area (Å²) in [6.45, 7) is 0. The van der Waals surface area contributed by atoms with Crippen molar-refractivity contribution in [1.29, 1.82) is 0 Å². The van der Waals surface area contributed by atoms with E-state index >= 15 is 0 Å². The van der Waals surface area contributed by atoms with Crippen LogP contribution >= 0.6 is 12.6 Å². The smallest absolute Gasteiger partial charge is 0.139 e. The molecule has 2 unspecified atom stereocenters. The Morgan fingerprint density at radius 2 is 2.11 bits per heavy atom. The van der Waals surface area contributed by atoms with E-state index in [4.69, 9.17) is 5.73 Å². The Balaban J connectivity index is 3.71. The van der Waals surface area contributed by atoms with Gasteiger partial charge in [-0.25, -0.2) is 0 Å². The van der Waals surface area contributed by atoms with Crippen molar-refractivity contribution >= 4 is 18.9 Å². The van der Waals surface area contributed by atoms with Crippen LogP contribution in [0.15, 0.2) is 0 Å². The average molecular weight is 148 g/mol. The predicted octanol–water partition coefficient (Wildman–Crippen LogP) is -0.670. The first kappa shape index (κ1) is 8.94. The van der Waals surface area contributed by atoms with Crippen LogP contribution in [-0.2, 0) is 4.79 Å². The predicted molar refractivity (Wildman–Crippen MR) is 40.5 cm³/mol. The molecule has 54 valence electrons. The van der Waals surface area contributed by atoms with E-state index < -0.39 is 6.04 Å². The molecule has 3 nitrogen and oxygen atoms in total. The monoisotopic (exact) mass is 148 g/mol. The molecule has 0 bridgehead atoms. The number of rotatable bonds is 3. The molecular weight excluding hydrogens is 136 g/mol. The molecule has 9 heavy (non-hydrogen) atoms. The summed E-state index contributed by atoms with van der Waals surface area (Å²) < 4.78 is 0. The molecule has 0 fully saturated rings. The summed E-state index contributed by atoms with van der Waals surface area (Å²) in [5, 5.41) is -0.178. The minimum absolute atomic E-state index is 0.178. The van der Waals surface area contributed by atoms with Gasteiger partial charge < -0.3 is 10.5 Å². The molecule has 0 aliphatic heterocycles. The molecule has 0 amide bonds. The zero-order valence-corrected chi connectivity index (χ0v) is 6.51. The van der Waals surface area contributed by atoms with E-state index in [9.17, 15) is 4.79 Å². The second kappa shape index (κ2) is 3.87. The van der Waals surface area contributed by atoms with Gasteiger partial charge in [0.15, 0.2) is 0 Å². The van der Waals surface area contributed by atoms with Crippen molar-refractivity contribution in [1.82, 2.24) is 4.90 Å². The van der Waals surface area contributed by atoms with Crippen LogP contribution in [0.4, 0.5) is 0 Å².